The number of aromatic nitrogens is 4. The van der Waals surface area contributed by atoms with Crippen LogP contribution in [0.2, 0.25) is 0 Å². The number of esters is 2. The van der Waals surface area contributed by atoms with Gasteiger partial charge in [0.15, 0.2) is 5.82 Å². The summed E-state index contributed by atoms with van der Waals surface area (Å²) in [6.45, 7) is 2.78. The van der Waals surface area contributed by atoms with E-state index in [4.69, 9.17) is 4.74 Å². The van der Waals surface area contributed by atoms with E-state index in [-0.39, 0.29) is 18.4 Å². The Morgan fingerprint density at radius 2 is 2.00 bits per heavy atom. The molecule has 0 aromatic carbocycles. The second-order valence-electron chi connectivity index (χ2n) is 4.14. The number of carbonyl (C=O) groups is 2. The number of ether oxygens (including phenoxy) is 2. The highest BCUT2D eigenvalue weighted by Crippen LogP contribution is 2.00. The van der Waals surface area contributed by atoms with Gasteiger partial charge in [0.25, 0.3) is 0 Å². The molecular weight excluding hydrogens is 264 g/mol. The van der Waals surface area contributed by atoms with Crippen molar-refractivity contribution >= 4 is 11.9 Å². The average Bonchev–Trinajstić information content (AvgIpc) is 2.89. The number of hydrogen-bond donors (Lipinski definition) is 0. The van der Waals surface area contributed by atoms with Crippen LogP contribution in [0.5, 0.6) is 0 Å². The van der Waals surface area contributed by atoms with Crippen molar-refractivity contribution in [1.29, 1.82) is 0 Å². The third kappa shape index (κ3) is 6.26. The van der Waals surface area contributed by atoms with Gasteiger partial charge in [0.1, 0.15) is 0 Å². The summed E-state index contributed by atoms with van der Waals surface area (Å²) in [5, 5.41) is 11.9. The lowest BCUT2D eigenvalue weighted by molar-refractivity contribution is -0.143. The SMILES string of the molecule is CCOC(=O)CCCCn1nnc(CCC(=O)OC)n1. The zero-order valence-electron chi connectivity index (χ0n) is 11.9. The maximum absolute atomic E-state index is 11.1. The molecule has 0 bridgehead atoms. The highest BCUT2D eigenvalue weighted by molar-refractivity contribution is 5.69. The number of aryl methyl sites for hydroxylation is 2. The van der Waals surface area contributed by atoms with E-state index in [2.05, 4.69) is 20.1 Å². The summed E-state index contributed by atoms with van der Waals surface area (Å²) in [6.07, 6.45) is 2.54. The topological polar surface area (TPSA) is 96.2 Å². The first-order chi connectivity index (χ1) is 9.65. The third-order valence-corrected chi connectivity index (χ3v) is 2.57. The second-order valence-corrected chi connectivity index (χ2v) is 4.14. The van der Waals surface area contributed by atoms with Gasteiger partial charge in [-0.3, -0.25) is 9.59 Å². The summed E-state index contributed by atoms with van der Waals surface area (Å²) in [4.78, 5) is 23.6. The number of tetrazole rings is 1. The van der Waals surface area contributed by atoms with Crippen LogP contribution in [0.15, 0.2) is 0 Å². The minimum atomic E-state index is -0.296. The fraction of sp³-hybridized carbons (Fsp3) is 0.750. The highest BCUT2D eigenvalue weighted by Gasteiger charge is 2.07. The molecule has 0 aliphatic rings. The number of carbonyl (C=O) groups excluding carboxylic acids is 2. The van der Waals surface area contributed by atoms with Gasteiger partial charge in [-0.15, -0.1) is 10.2 Å². The zero-order valence-corrected chi connectivity index (χ0v) is 11.9. The molecule has 1 aromatic rings. The molecule has 8 nitrogen and oxygen atoms in total. The van der Waals surface area contributed by atoms with Crippen molar-refractivity contribution in [2.45, 2.75) is 45.6 Å². The van der Waals surface area contributed by atoms with Crippen LogP contribution in [0.3, 0.4) is 0 Å². The van der Waals surface area contributed by atoms with Crippen LogP contribution in [0.1, 0.15) is 38.4 Å². The highest BCUT2D eigenvalue weighted by atomic mass is 16.5. The van der Waals surface area contributed by atoms with Crippen molar-refractivity contribution < 1.29 is 19.1 Å². The lowest BCUT2D eigenvalue weighted by Gasteiger charge is -2.01. The standard InChI is InChI=1S/C12H20N4O4/c1-3-20-12(18)6-4-5-9-16-14-10(13-15-16)7-8-11(17)19-2/h3-9H2,1-2H3. The van der Waals surface area contributed by atoms with Gasteiger partial charge in [-0.2, -0.15) is 4.80 Å². The minimum absolute atomic E-state index is 0.183. The summed E-state index contributed by atoms with van der Waals surface area (Å²) >= 11 is 0. The molecule has 0 fully saturated rings. The maximum Gasteiger partial charge on any atom is 0.305 e. The number of methoxy groups -OCH3 is 1. The van der Waals surface area contributed by atoms with Crippen LogP contribution in [0, 0.1) is 0 Å². The Kier molecular flexibility index (Phi) is 7.23. The van der Waals surface area contributed by atoms with Gasteiger partial charge in [-0.25, -0.2) is 0 Å². The molecule has 1 heterocycles. The molecule has 8 heteroatoms. The first-order valence-corrected chi connectivity index (χ1v) is 6.64. The van der Waals surface area contributed by atoms with Crippen molar-refractivity contribution in [3.63, 3.8) is 0 Å². The molecule has 0 aliphatic heterocycles. The van der Waals surface area contributed by atoms with Gasteiger partial charge in [0, 0.05) is 12.8 Å². The molecule has 0 atom stereocenters. The third-order valence-electron chi connectivity index (χ3n) is 2.57. The number of unbranched alkanes of at least 4 members (excludes halogenated alkanes) is 1. The molecule has 0 unspecified atom stereocenters. The minimum Gasteiger partial charge on any atom is -0.469 e. The fourth-order valence-electron chi connectivity index (χ4n) is 1.54. The second kappa shape index (κ2) is 9.00. The van der Waals surface area contributed by atoms with Gasteiger partial charge in [0.05, 0.1) is 26.7 Å². The predicted molar refractivity (Wildman–Crippen MR) is 68.6 cm³/mol. The van der Waals surface area contributed by atoms with Crippen LogP contribution in [0.25, 0.3) is 0 Å². The quantitative estimate of drug-likeness (QED) is 0.481. The Balaban J connectivity index is 2.20. The summed E-state index contributed by atoms with van der Waals surface area (Å²) < 4.78 is 9.37. The van der Waals surface area contributed by atoms with E-state index < -0.39 is 0 Å². The van der Waals surface area contributed by atoms with Gasteiger partial charge >= 0.3 is 11.9 Å². The van der Waals surface area contributed by atoms with Crippen LogP contribution >= 0.6 is 0 Å². The molecule has 20 heavy (non-hydrogen) atoms. The van der Waals surface area contributed by atoms with Crippen LogP contribution in [-0.4, -0.2) is 45.9 Å². The lowest BCUT2D eigenvalue weighted by atomic mass is 10.2. The Bertz CT molecular complexity index is 433. The number of nitrogens with zero attached hydrogens (tertiary/aromatic N) is 4. The molecule has 112 valence electrons. The number of hydrogen-bond acceptors (Lipinski definition) is 7. The first kappa shape index (κ1) is 16.1. The molecule has 0 amide bonds. The summed E-state index contributed by atoms with van der Waals surface area (Å²) in [6, 6.07) is 0. The fourth-order valence-corrected chi connectivity index (χ4v) is 1.54. The van der Waals surface area contributed by atoms with Gasteiger partial charge < -0.3 is 9.47 Å². The van der Waals surface area contributed by atoms with Crippen molar-refractivity contribution in [3.05, 3.63) is 5.82 Å². The summed E-state index contributed by atoms with van der Waals surface area (Å²) in [7, 11) is 1.34. The van der Waals surface area contributed by atoms with Crippen molar-refractivity contribution in [1.82, 2.24) is 20.2 Å². The molecule has 0 saturated carbocycles. The normalized spacial score (nSPS) is 10.3. The maximum atomic E-state index is 11.1. The van der Waals surface area contributed by atoms with Crippen LogP contribution in [0.4, 0.5) is 0 Å². The van der Waals surface area contributed by atoms with E-state index in [1.807, 2.05) is 0 Å². The number of rotatable bonds is 9. The van der Waals surface area contributed by atoms with Crippen molar-refractivity contribution in [2.24, 2.45) is 0 Å². The molecule has 0 N–H and O–H groups in total. The molecular formula is C12H20N4O4. The van der Waals surface area contributed by atoms with E-state index in [0.29, 0.717) is 31.8 Å². The average molecular weight is 284 g/mol. The summed E-state index contributed by atoms with van der Waals surface area (Å²) in [5.74, 6) is 0.0365. The summed E-state index contributed by atoms with van der Waals surface area (Å²) in [5.41, 5.74) is 0. The molecule has 0 spiro atoms. The predicted octanol–water partition coefficient (Wildman–Crippen LogP) is 0.512. The van der Waals surface area contributed by atoms with Crippen LogP contribution in [-0.2, 0) is 32.0 Å². The van der Waals surface area contributed by atoms with Gasteiger partial charge in [-0.05, 0) is 25.0 Å². The first-order valence-electron chi connectivity index (χ1n) is 6.64. The Labute approximate surface area is 117 Å². The smallest absolute Gasteiger partial charge is 0.305 e. The van der Waals surface area contributed by atoms with Crippen molar-refractivity contribution in [2.75, 3.05) is 13.7 Å². The molecule has 1 aromatic heterocycles. The van der Waals surface area contributed by atoms with E-state index >= 15 is 0 Å². The molecule has 0 radical (unpaired) electrons. The van der Waals surface area contributed by atoms with E-state index in [0.717, 1.165) is 12.8 Å². The zero-order chi connectivity index (χ0) is 14.8. The Morgan fingerprint density at radius 3 is 2.70 bits per heavy atom. The van der Waals surface area contributed by atoms with Crippen molar-refractivity contribution in [3.8, 4) is 0 Å². The monoisotopic (exact) mass is 284 g/mol. The van der Waals surface area contributed by atoms with Crippen LogP contribution < -0.4 is 0 Å². The molecule has 1 rings (SSSR count). The van der Waals surface area contributed by atoms with E-state index in [1.165, 1.54) is 11.9 Å². The molecule has 0 aliphatic carbocycles. The van der Waals surface area contributed by atoms with Gasteiger partial charge in [0.2, 0.25) is 0 Å². The van der Waals surface area contributed by atoms with E-state index in [1.54, 1.807) is 6.92 Å². The molecule has 0 saturated heterocycles. The van der Waals surface area contributed by atoms with Gasteiger partial charge in [-0.1, -0.05) is 0 Å². The lowest BCUT2D eigenvalue weighted by Crippen LogP contribution is -2.07. The largest absolute Gasteiger partial charge is 0.469 e. The Morgan fingerprint density at radius 1 is 1.20 bits per heavy atom. The van der Waals surface area contributed by atoms with E-state index in [9.17, 15) is 9.59 Å². The Hall–Kier alpha value is -1.99.